The lowest BCUT2D eigenvalue weighted by molar-refractivity contribution is 0.290. The van der Waals surface area contributed by atoms with E-state index >= 15 is 0 Å². The number of hydrogen-bond acceptors (Lipinski definition) is 3. The average molecular weight is 258 g/mol. The smallest absolute Gasteiger partial charge is 0.0994 e. The summed E-state index contributed by atoms with van der Waals surface area (Å²) < 4.78 is 0. The maximum atomic E-state index is 9.30. The van der Waals surface area contributed by atoms with E-state index in [9.17, 15) is 5.11 Å². The number of nitriles is 1. The molecule has 1 aliphatic carbocycles. The van der Waals surface area contributed by atoms with E-state index in [0.717, 1.165) is 16.8 Å². The minimum atomic E-state index is 0.176. The molecule has 0 unspecified atom stereocenters. The van der Waals surface area contributed by atoms with Gasteiger partial charge in [-0.15, -0.1) is 0 Å². The largest absolute Gasteiger partial charge is 0.395 e. The fraction of sp³-hybridized carbons (Fsp3) is 0.562. The first-order valence-electron chi connectivity index (χ1n) is 7.14. The zero-order valence-electron chi connectivity index (χ0n) is 11.6. The lowest BCUT2D eigenvalue weighted by Gasteiger charge is -2.36. The van der Waals surface area contributed by atoms with Gasteiger partial charge in [0.15, 0.2) is 0 Å². The minimum absolute atomic E-state index is 0.176. The maximum absolute atomic E-state index is 9.30. The summed E-state index contributed by atoms with van der Waals surface area (Å²) in [5, 5.41) is 18.3. The number of benzene rings is 1. The standard InChI is InChI=1S/C16H22N2O/c1-13-11-16(8-7-14(13)12-17)18(9-10-19)15-5-3-2-4-6-15/h7-8,11,15,19H,2-6,9-10H2,1H3. The van der Waals surface area contributed by atoms with E-state index in [1.54, 1.807) is 0 Å². The van der Waals surface area contributed by atoms with Gasteiger partial charge in [0.05, 0.1) is 18.2 Å². The third-order valence-electron chi connectivity index (χ3n) is 4.02. The molecule has 0 aliphatic heterocycles. The summed E-state index contributed by atoms with van der Waals surface area (Å²) in [4.78, 5) is 2.31. The van der Waals surface area contributed by atoms with E-state index < -0.39 is 0 Å². The Hall–Kier alpha value is -1.53. The highest BCUT2D eigenvalue weighted by atomic mass is 16.3. The van der Waals surface area contributed by atoms with Crippen LogP contribution in [0, 0.1) is 18.3 Å². The van der Waals surface area contributed by atoms with Crippen molar-refractivity contribution in [2.75, 3.05) is 18.1 Å². The second-order valence-corrected chi connectivity index (χ2v) is 5.32. The zero-order valence-corrected chi connectivity index (χ0v) is 11.6. The topological polar surface area (TPSA) is 47.3 Å². The molecule has 102 valence electrons. The summed E-state index contributed by atoms with van der Waals surface area (Å²) in [5.74, 6) is 0. The Morgan fingerprint density at radius 2 is 2.05 bits per heavy atom. The van der Waals surface area contributed by atoms with Crippen LogP contribution in [0.5, 0.6) is 0 Å². The van der Waals surface area contributed by atoms with Gasteiger partial charge in [-0.05, 0) is 43.5 Å². The van der Waals surface area contributed by atoms with E-state index in [1.807, 2.05) is 19.1 Å². The molecule has 1 aromatic carbocycles. The number of aryl methyl sites for hydroxylation is 1. The first-order valence-corrected chi connectivity index (χ1v) is 7.14. The van der Waals surface area contributed by atoms with Crippen LogP contribution in [0.15, 0.2) is 18.2 Å². The molecule has 1 N–H and O–H groups in total. The number of aliphatic hydroxyl groups is 1. The average Bonchev–Trinajstić information content (AvgIpc) is 2.45. The molecule has 0 aromatic heterocycles. The van der Waals surface area contributed by atoms with Crippen molar-refractivity contribution in [1.29, 1.82) is 5.26 Å². The summed E-state index contributed by atoms with van der Waals surface area (Å²) in [7, 11) is 0. The molecule has 0 bridgehead atoms. The second kappa shape index (κ2) is 6.58. The molecule has 0 radical (unpaired) electrons. The Morgan fingerprint density at radius 1 is 1.32 bits per heavy atom. The first-order chi connectivity index (χ1) is 9.26. The predicted molar refractivity (Wildman–Crippen MR) is 77.2 cm³/mol. The molecule has 2 rings (SSSR count). The molecule has 0 atom stereocenters. The van der Waals surface area contributed by atoms with Gasteiger partial charge in [0.2, 0.25) is 0 Å². The van der Waals surface area contributed by atoms with Gasteiger partial charge < -0.3 is 10.0 Å². The van der Waals surface area contributed by atoms with Crippen LogP contribution in [0.1, 0.15) is 43.2 Å². The van der Waals surface area contributed by atoms with Crippen LogP contribution in [-0.2, 0) is 0 Å². The summed E-state index contributed by atoms with van der Waals surface area (Å²) in [6.07, 6.45) is 6.30. The van der Waals surface area contributed by atoms with Gasteiger partial charge in [-0.25, -0.2) is 0 Å². The summed E-state index contributed by atoms with van der Waals surface area (Å²) in [6, 6.07) is 8.71. The van der Waals surface area contributed by atoms with Crippen molar-refractivity contribution >= 4 is 5.69 Å². The Balaban J connectivity index is 2.22. The van der Waals surface area contributed by atoms with Crippen molar-refractivity contribution in [3.8, 4) is 6.07 Å². The van der Waals surface area contributed by atoms with Gasteiger partial charge in [0.25, 0.3) is 0 Å². The Kier molecular flexibility index (Phi) is 4.81. The van der Waals surface area contributed by atoms with Crippen LogP contribution in [0.3, 0.4) is 0 Å². The third kappa shape index (κ3) is 3.27. The Bertz CT molecular complexity index is 458. The quantitative estimate of drug-likeness (QED) is 0.903. The Labute approximate surface area is 115 Å². The highest BCUT2D eigenvalue weighted by Gasteiger charge is 2.21. The molecular formula is C16H22N2O. The van der Waals surface area contributed by atoms with Gasteiger partial charge >= 0.3 is 0 Å². The predicted octanol–water partition coefficient (Wildman–Crippen LogP) is 3.00. The first kappa shape index (κ1) is 13.9. The van der Waals surface area contributed by atoms with E-state index in [2.05, 4.69) is 17.0 Å². The normalized spacial score (nSPS) is 16.1. The van der Waals surface area contributed by atoms with Gasteiger partial charge in [-0.3, -0.25) is 0 Å². The highest BCUT2D eigenvalue weighted by Crippen LogP contribution is 2.28. The lowest BCUT2D eigenvalue weighted by atomic mass is 9.93. The third-order valence-corrected chi connectivity index (χ3v) is 4.02. The van der Waals surface area contributed by atoms with Crippen LogP contribution in [-0.4, -0.2) is 24.3 Å². The van der Waals surface area contributed by atoms with Crippen molar-refractivity contribution in [1.82, 2.24) is 0 Å². The lowest BCUT2D eigenvalue weighted by Crippen LogP contribution is -2.38. The molecule has 3 heteroatoms. The number of anilines is 1. The van der Waals surface area contributed by atoms with Crippen molar-refractivity contribution < 1.29 is 5.11 Å². The van der Waals surface area contributed by atoms with E-state index in [-0.39, 0.29) is 6.61 Å². The summed E-state index contributed by atoms with van der Waals surface area (Å²) in [6.45, 7) is 2.83. The molecule has 3 nitrogen and oxygen atoms in total. The number of rotatable bonds is 4. The van der Waals surface area contributed by atoms with Gasteiger partial charge in [-0.1, -0.05) is 19.3 Å². The number of nitrogens with zero attached hydrogens (tertiary/aromatic N) is 2. The van der Waals surface area contributed by atoms with Crippen molar-refractivity contribution in [2.45, 2.75) is 45.1 Å². The van der Waals surface area contributed by atoms with Crippen molar-refractivity contribution in [3.63, 3.8) is 0 Å². The fourth-order valence-corrected chi connectivity index (χ4v) is 2.97. The van der Waals surface area contributed by atoms with Gasteiger partial charge in [0, 0.05) is 18.3 Å². The molecule has 0 amide bonds. The molecule has 1 saturated carbocycles. The molecule has 0 spiro atoms. The minimum Gasteiger partial charge on any atom is -0.395 e. The second-order valence-electron chi connectivity index (χ2n) is 5.32. The van der Waals surface area contributed by atoms with Crippen LogP contribution in [0.2, 0.25) is 0 Å². The SMILES string of the molecule is Cc1cc(N(CCO)C2CCCCC2)ccc1C#N. The highest BCUT2D eigenvalue weighted by molar-refractivity contribution is 5.54. The van der Waals surface area contributed by atoms with Crippen molar-refractivity contribution in [2.24, 2.45) is 0 Å². The maximum Gasteiger partial charge on any atom is 0.0994 e. The molecule has 1 aromatic rings. The molecule has 0 heterocycles. The van der Waals surface area contributed by atoms with Crippen LogP contribution < -0.4 is 4.90 Å². The molecule has 19 heavy (non-hydrogen) atoms. The number of aliphatic hydroxyl groups excluding tert-OH is 1. The van der Waals surface area contributed by atoms with Gasteiger partial charge in [-0.2, -0.15) is 5.26 Å². The van der Waals surface area contributed by atoms with Crippen LogP contribution >= 0.6 is 0 Å². The molecule has 1 fully saturated rings. The van der Waals surface area contributed by atoms with Crippen LogP contribution in [0.25, 0.3) is 0 Å². The molecule has 1 aliphatic rings. The van der Waals surface area contributed by atoms with Gasteiger partial charge in [0.1, 0.15) is 0 Å². The zero-order chi connectivity index (χ0) is 13.7. The Morgan fingerprint density at radius 3 is 2.63 bits per heavy atom. The summed E-state index contributed by atoms with van der Waals surface area (Å²) >= 11 is 0. The fourth-order valence-electron chi connectivity index (χ4n) is 2.97. The monoisotopic (exact) mass is 258 g/mol. The van der Waals surface area contributed by atoms with Crippen molar-refractivity contribution in [3.05, 3.63) is 29.3 Å². The molecular weight excluding hydrogens is 236 g/mol. The number of hydrogen-bond donors (Lipinski definition) is 1. The van der Waals surface area contributed by atoms with E-state index in [1.165, 1.54) is 32.1 Å². The summed E-state index contributed by atoms with van der Waals surface area (Å²) in [5.41, 5.74) is 2.88. The van der Waals surface area contributed by atoms with Crippen LogP contribution in [0.4, 0.5) is 5.69 Å². The van der Waals surface area contributed by atoms with E-state index in [4.69, 9.17) is 5.26 Å². The van der Waals surface area contributed by atoms with E-state index in [0.29, 0.717) is 12.6 Å². The molecule has 0 saturated heterocycles.